The lowest BCUT2D eigenvalue weighted by molar-refractivity contribution is 0.106. The minimum atomic E-state index is -3.55. The highest BCUT2D eigenvalue weighted by molar-refractivity contribution is 7.92. The van der Waals surface area contributed by atoms with E-state index in [1.54, 1.807) is 64.1 Å². The first-order valence-electron chi connectivity index (χ1n) is 23.5. The van der Waals surface area contributed by atoms with E-state index < -0.39 is 42.5 Å². The average molecular weight is 1030 g/mol. The van der Waals surface area contributed by atoms with Crippen LogP contribution < -0.4 is 22.1 Å². The fraction of sp³-hybridized carbons (Fsp3) is 0.294. The predicted molar refractivity (Wildman–Crippen MR) is 272 cm³/mol. The van der Waals surface area contributed by atoms with Gasteiger partial charge in [-0.2, -0.15) is 0 Å². The Morgan fingerprint density at radius 1 is 0.603 bits per heavy atom. The number of rotatable bonds is 18. The first-order chi connectivity index (χ1) is 34.9. The van der Waals surface area contributed by atoms with Crippen molar-refractivity contribution in [3.05, 3.63) is 120 Å². The van der Waals surface area contributed by atoms with Crippen LogP contribution >= 0.6 is 0 Å². The molecule has 22 heteroatoms. The number of ether oxygens (including phenoxy) is 1. The molecule has 0 radical (unpaired) electrons. The van der Waals surface area contributed by atoms with Crippen LogP contribution in [-0.2, 0) is 37.5 Å². The second-order valence-corrected chi connectivity index (χ2v) is 23.2. The minimum absolute atomic E-state index is 0.0405. The molecule has 5 heterocycles. The summed E-state index contributed by atoms with van der Waals surface area (Å²) in [6, 6.07) is 27.8. The summed E-state index contributed by atoms with van der Waals surface area (Å²) in [4.78, 5) is 19.1. The van der Waals surface area contributed by atoms with E-state index >= 15 is 0 Å². The van der Waals surface area contributed by atoms with Crippen molar-refractivity contribution in [2.24, 2.45) is 0 Å². The Kier molecular flexibility index (Phi) is 14.5. The van der Waals surface area contributed by atoms with E-state index in [0.717, 1.165) is 11.1 Å². The summed E-state index contributed by atoms with van der Waals surface area (Å²) >= 11 is 0. The lowest BCUT2D eigenvalue weighted by Gasteiger charge is -2.16. The number of benzene rings is 4. The molecule has 378 valence electrons. The molecule has 6 N–H and O–H groups in total. The van der Waals surface area contributed by atoms with Crippen LogP contribution in [0.5, 0.6) is 0 Å². The number of hydrogen-bond acceptors (Lipinski definition) is 19. The zero-order valence-corrected chi connectivity index (χ0v) is 42.2. The fourth-order valence-electron chi connectivity index (χ4n) is 7.95. The van der Waals surface area contributed by atoms with Crippen molar-refractivity contribution in [2.75, 3.05) is 24.6 Å². The van der Waals surface area contributed by atoms with Crippen LogP contribution in [0.3, 0.4) is 0 Å². The first-order valence-corrected chi connectivity index (χ1v) is 26.6. The van der Waals surface area contributed by atoms with E-state index in [-0.39, 0.29) is 69.0 Å². The zero-order valence-electron chi connectivity index (χ0n) is 40.5. The summed E-state index contributed by atoms with van der Waals surface area (Å²) in [5.74, 6) is 0.716. The van der Waals surface area contributed by atoms with Crippen molar-refractivity contribution in [1.82, 2.24) is 51.0 Å². The number of aromatic nitrogens is 8. The van der Waals surface area contributed by atoms with Crippen molar-refractivity contribution in [1.29, 1.82) is 0 Å². The summed E-state index contributed by atoms with van der Waals surface area (Å²) in [6.45, 7) is 9.64. The highest BCUT2D eigenvalue weighted by Gasteiger charge is 2.33. The van der Waals surface area contributed by atoms with E-state index in [2.05, 4.69) is 41.0 Å². The molecule has 0 saturated carbocycles. The Bertz CT molecular complexity index is 3460. The number of nitrogens with zero attached hydrogens (tertiary/aromatic N) is 8. The first kappa shape index (κ1) is 50.6. The monoisotopic (exact) mass is 1030 g/mol. The Balaban J connectivity index is 0.887. The molecule has 0 bridgehead atoms. The largest absolute Gasteiger partial charge is 0.414 e. The van der Waals surface area contributed by atoms with Crippen LogP contribution in [0.4, 0.5) is 16.0 Å². The third kappa shape index (κ3) is 11.0. The third-order valence-corrected chi connectivity index (χ3v) is 16.6. The lowest BCUT2D eigenvalue weighted by Crippen LogP contribution is -2.28. The zero-order chi connectivity index (χ0) is 51.6. The topological polar surface area (TPSA) is 283 Å². The van der Waals surface area contributed by atoms with Gasteiger partial charge in [-0.1, -0.05) is 48.5 Å². The number of sulfone groups is 2. The second kappa shape index (κ2) is 21.0. The van der Waals surface area contributed by atoms with Crippen LogP contribution in [-0.4, -0.2) is 93.0 Å². The number of halogens is 1. The van der Waals surface area contributed by atoms with E-state index in [1.165, 1.54) is 25.3 Å². The fourth-order valence-corrected chi connectivity index (χ4v) is 10.1. The number of hydrogen-bond donors (Lipinski definition) is 4. The normalized spacial score (nSPS) is 15.6. The quantitative estimate of drug-likeness (QED) is 0.0642. The molecule has 8 aromatic rings. The maximum absolute atomic E-state index is 13.3. The van der Waals surface area contributed by atoms with Crippen LogP contribution in [0.15, 0.2) is 122 Å². The molecule has 1 aliphatic heterocycles. The minimum Gasteiger partial charge on any atom is -0.414 e. The van der Waals surface area contributed by atoms with E-state index in [0.29, 0.717) is 65.5 Å². The Morgan fingerprint density at radius 3 is 1.63 bits per heavy atom. The summed E-state index contributed by atoms with van der Waals surface area (Å²) in [5.41, 5.74) is 18.9. The molecule has 4 aromatic carbocycles. The Labute approximate surface area is 421 Å². The number of anilines is 2. The highest BCUT2D eigenvalue weighted by Crippen LogP contribution is 2.38. The molecule has 4 aromatic heterocycles. The van der Waals surface area contributed by atoms with Gasteiger partial charge in [-0.15, -0.1) is 20.4 Å². The molecule has 73 heavy (non-hydrogen) atoms. The highest BCUT2D eigenvalue weighted by atomic mass is 32.2. The smallest absolute Gasteiger partial charge is 0.270 e. The SMILES string of the molecule is CC(C)S(=O)(=O)c1ccc(-c2cnc(N)c(-c3nnc(-c4ccc(CN[C@@H]5COC(c6nc(N)c(-c7nnc(-c8ccc(CNC[C@@H](C)F)cc8)o7)nc6-c6ccc(S(=O)(=O)C(C)C)cc6)C5)cc4)o3)n2)cc1. The maximum atomic E-state index is 13.3. The molecule has 1 aliphatic rings. The van der Waals surface area contributed by atoms with Crippen LogP contribution in [0.1, 0.15) is 64.0 Å². The molecule has 0 amide bonds. The van der Waals surface area contributed by atoms with Gasteiger partial charge in [-0.25, -0.2) is 41.2 Å². The lowest BCUT2D eigenvalue weighted by atomic mass is 10.0. The number of alkyl halides is 1. The van der Waals surface area contributed by atoms with Crippen molar-refractivity contribution >= 4 is 31.3 Å². The van der Waals surface area contributed by atoms with Crippen molar-refractivity contribution < 1.29 is 34.8 Å². The van der Waals surface area contributed by atoms with Crippen molar-refractivity contribution in [2.45, 2.75) is 92.7 Å². The van der Waals surface area contributed by atoms with Gasteiger partial charge in [0.1, 0.15) is 12.3 Å². The molecule has 1 unspecified atom stereocenters. The van der Waals surface area contributed by atoms with Crippen LogP contribution in [0, 0.1) is 0 Å². The standard InChI is InChI=1S/C51H53FN12O7S2/c1-28(2)72(65,66)38-18-14-33(15-19-38)40-26-57-46(53)44(58-40)50-63-61-48(70-50)36-12-8-32(9-13-36)25-56-37-22-41(69-27-37)43-42(34-16-20-39(21-17-34)73(67,68)29(3)4)59-45(47(54)60-43)51-64-62-49(71-51)35-10-6-31(7-11-35)24-55-23-30(5)52/h6-21,26,28-30,37,41,55-56H,22-25,27H2,1-5H3,(H2,53,57)(H2,54,60)/t30-,37+,41?/m1/s1. The van der Waals surface area contributed by atoms with Crippen LogP contribution in [0.25, 0.3) is 68.6 Å². The molecule has 0 spiro atoms. The Hall–Kier alpha value is -7.37. The molecular formula is C51H53FN12O7S2. The average Bonchev–Trinajstić information content (AvgIpc) is 4.19. The van der Waals surface area contributed by atoms with Gasteiger partial charge in [0.25, 0.3) is 11.8 Å². The van der Waals surface area contributed by atoms with Gasteiger partial charge in [0.15, 0.2) is 42.7 Å². The summed E-state index contributed by atoms with van der Waals surface area (Å²) < 4.78 is 83.0. The molecule has 1 saturated heterocycles. The maximum Gasteiger partial charge on any atom is 0.270 e. The van der Waals surface area contributed by atoms with E-state index in [1.807, 2.05) is 48.5 Å². The molecule has 19 nitrogen and oxygen atoms in total. The summed E-state index contributed by atoms with van der Waals surface area (Å²) in [5, 5.41) is 22.4. The van der Waals surface area contributed by atoms with Gasteiger partial charge in [0.05, 0.1) is 50.2 Å². The molecule has 0 aliphatic carbocycles. The molecule has 3 atom stereocenters. The van der Waals surface area contributed by atoms with Gasteiger partial charge >= 0.3 is 0 Å². The van der Waals surface area contributed by atoms with E-state index in [4.69, 9.17) is 35.0 Å². The van der Waals surface area contributed by atoms with Crippen molar-refractivity contribution in [3.8, 4) is 68.6 Å². The van der Waals surface area contributed by atoms with Gasteiger partial charge in [0, 0.05) is 47.9 Å². The third-order valence-electron chi connectivity index (χ3n) is 12.2. The summed E-state index contributed by atoms with van der Waals surface area (Å²) in [7, 11) is -6.99. The van der Waals surface area contributed by atoms with Gasteiger partial charge < -0.3 is 35.7 Å². The number of nitrogens with one attached hydrogen (secondary N) is 2. The van der Waals surface area contributed by atoms with Gasteiger partial charge in [-0.3, -0.25) is 0 Å². The second-order valence-electron chi connectivity index (χ2n) is 18.2. The number of nitrogens with two attached hydrogens (primary N) is 2. The van der Waals surface area contributed by atoms with Gasteiger partial charge in [-0.05, 0) is 101 Å². The predicted octanol–water partition coefficient (Wildman–Crippen LogP) is 7.63. The van der Waals surface area contributed by atoms with E-state index in [9.17, 15) is 21.2 Å². The van der Waals surface area contributed by atoms with Crippen LogP contribution in [0.2, 0.25) is 0 Å². The van der Waals surface area contributed by atoms with Gasteiger partial charge in [0.2, 0.25) is 11.8 Å². The van der Waals surface area contributed by atoms with Crippen molar-refractivity contribution in [3.63, 3.8) is 0 Å². The molecular weight excluding hydrogens is 976 g/mol. The molecule has 1 fully saturated rings. The summed E-state index contributed by atoms with van der Waals surface area (Å²) in [6.07, 6.45) is 0.526. The number of nitrogen functional groups attached to an aromatic ring is 2. The Morgan fingerprint density at radius 2 is 1.10 bits per heavy atom. The molecule has 9 rings (SSSR count).